The third-order valence-electron chi connectivity index (χ3n) is 3.96. The minimum atomic E-state index is 0.201. The van der Waals surface area contributed by atoms with Gasteiger partial charge in [0.2, 0.25) is 0 Å². The maximum absolute atomic E-state index is 5.92. The summed E-state index contributed by atoms with van der Waals surface area (Å²) in [4.78, 5) is 2.36. The van der Waals surface area contributed by atoms with Crippen LogP contribution in [0.5, 0.6) is 11.5 Å². The second-order valence-electron chi connectivity index (χ2n) is 5.97. The van der Waals surface area contributed by atoms with E-state index in [0.717, 1.165) is 55.4 Å². The molecule has 0 aromatic heterocycles. The van der Waals surface area contributed by atoms with Crippen LogP contribution >= 0.6 is 0 Å². The molecule has 2 aromatic rings. The monoisotopic (exact) mass is 312 g/mol. The van der Waals surface area contributed by atoms with Crippen molar-refractivity contribution in [3.63, 3.8) is 0 Å². The van der Waals surface area contributed by atoms with Crippen LogP contribution in [-0.2, 0) is 0 Å². The van der Waals surface area contributed by atoms with Crippen LogP contribution < -0.4 is 20.1 Å². The van der Waals surface area contributed by atoms with Crippen LogP contribution in [0, 0.1) is 0 Å². The van der Waals surface area contributed by atoms with Gasteiger partial charge in [0, 0.05) is 12.2 Å². The van der Waals surface area contributed by atoms with Gasteiger partial charge in [-0.05, 0) is 50.1 Å². The van der Waals surface area contributed by atoms with E-state index in [4.69, 9.17) is 15.2 Å². The number of anilines is 2. The Morgan fingerprint density at radius 1 is 1.17 bits per heavy atom. The Bertz CT molecular complexity index is 631. The average Bonchev–Trinajstić information content (AvgIpc) is 2.56. The minimum absolute atomic E-state index is 0.201. The fraction of sp³-hybridized carbons (Fsp3) is 0.368. The van der Waals surface area contributed by atoms with Gasteiger partial charge in [-0.15, -0.1) is 0 Å². The van der Waals surface area contributed by atoms with Crippen LogP contribution in [0.25, 0.3) is 0 Å². The van der Waals surface area contributed by atoms with E-state index in [1.807, 2.05) is 48.5 Å². The lowest BCUT2D eigenvalue weighted by molar-refractivity contribution is 0.212. The van der Waals surface area contributed by atoms with Crippen LogP contribution in [0.2, 0.25) is 0 Å². The molecule has 0 spiro atoms. The molecule has 2 N–H and O–H groups in total. The molecule has 122 valence electrons. The Kier molecular flexibility index (Phi) is 4.91. The lowest BCUT2D eigenvalue weighted by atomic mass is 10.1. The number of para-hydroxylation sites is 1. The molecule has 4 heteroatoms. The molecule has 0 saturated carbocycles. The Hall–Kier alpha value is -2.36. The van der Waals surface area contributed by atoms with E-state index in [-0.39, 0.29) is 6.10 Å². The van der Waals surface area contributed by atoms with E-state index in [0.29, 0.717) is 0 Å². The van der Waals surface area contributed by atoms with Crippen molar-refractivity contribution in [1.82, 2.24) is 0 Å². The van der Waals surface area contributed by atoms with Crippen molar-refractivity contribution in [2.24, 2.45) is 0 Å². The molecule has 0 fully saturated rings. The van der Waals surface area contributed by atoms with Crippen LogP contribution in [-0.4, -0.2) is 25.8 Å². The molecule has 0 bridgehead atoms. The van der Waals surface area contributed by atoms with Gasteiger partial charge in [0.15, 0.2) is 0 Å². The van der Waals surface area contributed by atoms with Gasteiger partial charge in [-0.3, -0.25) is 0 Å². The second kappa shape index (κ2) is 7.27. The summed E-state index contributed by atoms with van der Waals surface area (Å²) in [5, 5.41) is 0. The van der Waals surface area contributed by atoms with Gasteiger partial charge in [0.25, 0.3) is 0 Å². The fourth-order valence-corrected chi connectivity index (χ4v) is 2.87. The summed E-state index contributed by atoms with van der Waals surface area (Å²) >= 11 is 0. The molecule has 0 radical (unpaired) electrons. The largest absolute Gasteiger partial charge is 0.494 e. The maximum atomic E-state index is 5.92. The quantitative estimate of drug-likeness (QED) is 0.652. The highest BCUT2D eigenvalue weighted by Gasteiger charge is 2.22. The summed E-state index contributed by atoms with van der Waals surface area (Å²) in [6.07, 6.45) is 2.30. The summed E-state index contributed by atoms with van der Waals surface area (Å²) in [5.74, 6) is 1.86. The normalized spacial score (nSPS) is 16.6. The standard InChI is InChI=1S/C19H24N2O2/c1-15-14-21(18-13-16(20)9-10-19(18)23-15)11-5-6-12-22-17-7-3-2-4-8-17/h2-4,7-10,13,15H,5-6,11-12,14,20H2,1H3. The maximum Gasteiger partial charge on any atom is 0.143 e. The van der Waals surface area contributed by atoms with Crippen LogP contribution in [0.1, 0.15) is 19.8 Å². The van der Waals surface area contributed by atoms with Gasteiger partial charge in [-0.2, -0.15) is 0 Å². The third-order valence-corrected chi connectivity index (χ3v) is 3.96. The molecule has 0 aliphatic carbocycles. The lowest BCUT2D eigenvalue weighted by Gasteiger charge is -2.35. The SMILES string of the molecule is CC1CN(CCCCOc2ccccc2)c2cc(N)ccc2O1. The molecule has 1 heterocycles. The van der Waals surface area contributed by atoms with E-state index >= 15 is 0 Å². The van der Waals surface area contributed by atoms with Crippen molar-refractivity contribution in [1.29, 1.82) is 0 Å². The Balaban J connectivity index is 1.50. The Morgan fingerprint density at radius 2 is 2.00 bits per heavy atom. The molecule has 1 unspecified atom stereocenters. The molecule has 0 saturated heterocycles. The summed E-state index contributed by atoms with van der Waals surface area (Å²) in [7, 11) is 0. The summed E-state index contributed by atoms with van der Waals surface area (Å²) in [5.41, 5.74) is 7.80. The van der Waals surface area contributed by atoms with Crippen molar-refractivity contribution >= 4 is 11.4 Å². The molecule has 23 heavy (non-hydrogen) atoms. The summed E-state index contributed by atoms with van der Waals surface area (Å²) < 4.78 is 11.6. The van der Waals surface area contributed by atoms with Crippen molar-refractivity contribution in [2.75, 3.05) is 30.3 Å². The predicted molar refractivity (Wildman–Crippen MR) is 94.3 cm³/mol. The second-order valence-corrected chi connectivity index (χ2v) is 5.97. The summed E-state index contributed by atoms with van der Waals surface area (Å²) in [6.45, 7) is 4.73. The number of benzene rings is 2. The lowest BCUT2D eigenvalue weighted by Crippen LogP contribution is -2.39. The van der Waals surface area contributed by atoms with Crippen LogP contribution in [0.15, 0.2) is 48.5 Å². The van der Waals surface area contributed by atoms with Gasteiger partial charge in [0.05, 0.1) is 18.8 Å². The van der Waals surface area contributed by atoms with E-state index in [1.165, 1.54) is 0 Å². The summed E-state index contributed by atoms with van der Waals surface area (Å²) in [6, 6.07) is 15.8. The number of hydrogen-bond acceptors (Lipinski definition) is 4. The topological polar surface area (TPSA) is 47.7 Å². The third kappa shape index (κ3) is 4.09. The number of fused-ring (bicyclic) bond motifs is 1. The van der Waals surface area contributed by atoms with Crippen molar-refractivity contribution in [3.05, 3.63) is 48.5 Å². The highest BCUT2D eigenvalue weighted by molar-refractivity contribution is 5.66. The van der Waals surface area contributed by atoms with Crippen molar-refractivity contribution < 1.29 is 9.47 Å². The number of nitrogens with zero attached hydrogens (tertiary/aromatic N) is 1. The first-order valence-corrected chi connectivity index (χ1v) is 8.21. The van der Waals surface area contributed by atoms with Gasteiger partial charge in [0.1, 0.15) is 17.6 Å². The zero-order valence-corrected chi connectivity index (χ0v) is 13.6. The van der Waals surface area contributed by atoms with Gasteiger partial charge in [-0.25, -0.2) is 0 Å². The molecule has 4 nitrogen and oxygen atoms in total. The highest BCUT2D eigenvalue weighted by atomic mass is 16.5. The minimum Gasteiger partial charge on any atom is -0.494 e. The van der Waals surface area contributed by atoms with Crippen LogP contribution in [0.3, 0.4) is 0 Å². The van der Waals surface area contributed by atoms with Gasteiger partial charge >= 0.3 is 0 Å². The zero-order valence-electron chi connectivity index (χ0n) is 13.6. The fourth-order valence-electron chi connectivity index (χ4n) is 2.87. The number of hydrogen-bond donors (Lipinski definition) is 1. The smallest absolute Gasteiger partial charge is 0.143 e. The molecular formula is C19H24N2O2. The highest BCUT2D eigenvalue weighted by Crippen LogP contribution is 2.35. The first-order chi connectivity index (χ1) is 11.2. The molecule has 1 aliphatic rings. The number of rotatable bonds is 6. The number of nitrogens with two attached hydrogens (primary N) is 1. The molecule has 0 amide bonds. The molecule has 1 aliphatic heterocycles. The van der Waals surface area contributed by atoms with Crippen molar-refractivity contribution in [2.45, 2.75) is 25.9 Å². The van der Waals surface area contributed by atoms with Gasteiger partial charge in [-0.1, -0.05) is 18.2 Å². The molecule has 2 aromatic carbocycles. The molecule has 3 rings (SSSR count). The Labute approximate surface area is 137 Å². The van der Waals surface area contributed by atoms with E-state index in [1.54, 1.807) is 0 Å². The number of ether oxygens (including phenoxy) is 2. The molecular weight excluding hydrogens is 288 g/mol. The first-order valence-electron chi connectivity index (χ1n) is 8.21. The van der Waals surface area contributed by atoms with E-state index in [2.05, 4.69) is 11.8 Å². The van der Waals surface area contributed by atoms with Crippen LogP contribution in [0.4, 0.5) is 11.4 Å². The van der Waals surface area contributed by atoms with Crippen molar-refractivity contribution in [3.8, 4) is 11.5 Å². The van der Waals surface area contributed by atoms with E-state index in [9.17, 15) is 0 Å². The predicted octanol–water partition coefficient (Wildman–Crippen LogP) is 3.72. The average molecular weight is 312 g/mol. The number of unbranched alkanes of at least 4 members (excludes halogenated alkanes) is 1. The van der Waals surface area contributed by atoms with Gasteiger partial charge < -0.3 is 20.1 Å². The molecule has 1 atom stereocenters. The first kappa shape index (κ1) is 15.5. The Morgan fingerprint density at radius 3 is 2.83 bits per heavy atom. The zero-order chi connectivity index (χ0) is 16.1. The van der Waals surface area contributed by atoms with E-state index < -0.39 is 0 Å². The number of nitrogen functional groups attached to an aromatic ring is 1.